The van der Waals surface area contributed by atoms with Crippen molar-refractivity contribution in [3.05, 3.63) is 0 Å². The van der Waals surface area contributed by atoms with E-state index in [-0.39, 0.29) is 12.1 Å². The van der Waals surface area contributed by atoms with Crippen molar-refractivity contribution in [2.24, 2.45) is 5.92 Å². The minimum atomic E-state index is -0.479. The number of hydrogen-bond donors (Lipinski definition) is 1. The predicted octanol–water partition coefficient (Wildman–Crippen LogP) is 0.944. The van der Waals surface area contributed by atoms with E-state index < -0.39 is 6.09 Å². The molecule has 70 valence electrons. The zero-order valence-corrected chi connectivity index (χ0v) is 7.63. The number of alkyl carbamates (subject to hydrolysis) is 1. The fourth-order valence-corrected chi connectivity index (χ4v) is 1.19. The molecule has 1 N–H and O–H groups in total. The van der Waals surface area contributed by atoms with Gasteiger partial charge in [0.05, 0.1) is 19.3 Å². The molecule has 1 heterocycles. The minimum absolute atomic E-state index is 0.0562. The van der Waals surface area contributed by atoms with Crippen LogP contribution in [0.4, 0.5) is 4.79 Å². The molecule has 0 aromatic heterocycles. The summed E-state index contributed by atoms with van der Waals surface area (Å²) in [4.78, 5) is 10.9. The maximum absolute atomic E-state index is 10.9. The van der Waals surface area contributed by atoms with E-state index in [4.69, 9.17) is 16.3 Å². The van der Waals surface area contributed by atoms with Gasteiger partial charge in [-0.2, -0.15) is 0 Å². The molecule has 0 aromatic rings. The lowest BCUT2D eigenvalue weighted by Crippen LogP contribution is -2.39. The van der Waals surface area contributed by atoms with Gasteiger partial charge >= 0.3 is 6.09 Å². The van der Waals surface area contributed by atoms with Gasteiger partial charge in [-0.15, -0.1) is 0 Å². The molecule has 0 radical (unpaired) electrons. The van der Waals surface area contributed by atoms with Gasteiger partial charge in [-0.25, -0.2) is 4.79 Å². The SMILES string of the molecule is CC1COCC1NC(=O)OCCl. The van der Waals surface area contributed by atoms with Crippen LogP contribution in [0.2, 0.25) is 0 Å². The Morgan fingerprint density at radius 3 is 3.00 bits per heavy atom. The Bertz CT molecular complexity index is 165. The Labute approximate surface area is 76.2 Å². The minimum Gasteiger partial charge on any atom is -0.433 e. The maximum atomic E-state index is 10.9. The summed E-state index contributed by atoms with van der Waals surface area (Å²) in [6.07, 6.45) is -0.479. The molecule has 5 heteroatoms. The molecule has 1 fully saturated rings. The Hall–Kier alpha value is -0.480. The molecule has 0 aromatic carbocycles. The third-order valence-electron chi connectivity index (χ3n) is 1.85. The van der Waals surface area contributed by atoms with Crippen molar-refractivity contribution in [1.29, 1.82) is 0 Å². The molecule has 1 amide bonds. The van der Waals surface area contributed by atoms with E-state index in [1.165, 1.54) is 0 Å². The summed E-state index contributed by atoms with van der Waals surface area (Å²) in [5.41, 5.74) is 0. The number of hydrogen-bond acceptors (Lipinski definition) is 3. The van der Waals surface area contributed by atoms with Gasteiger partial charge in [0, 0.05) is 5.92 Å². The third-order valence-corrected chi connectivity index (χ3v) is 1.96. The van der Waals surface area contributed by atoms with E-state index in [0.717, 1.165) is 0 Å². The summed E-state index contributed by atoms with van der Waals surface area (Å²) >= 11 is 5.20. The van der Waals surface area contributed by atoms with Crippen molar-refractivity contribution in [2.45, 2.75) is 13.0 Å². The van der Waals surface area contributed by atoms with Crippen LogP contribution in [-0.4, -0.2) is 31.4 Å². The van der Waals surface area contributed by atoms with Gasteiger partial charge in [-0.1, -0.05) is 18.5 Å². The van der Waals surface area contributed by atoms with Crippen LogP contribution in [0.25, 0.3) is 0 Å². The number of carbonyl (C=O) groups is 1. The van der Waals surface area contributed by atoms with Crippen molar-refractivity contribution < 1.29 is 14.3 Å². The highest BCUT2D eigenvalue weighted by atomic mass is 35.5. The average molecular weight is 194 g/mol. The van der Waals surface area contributed by atoms with Crippen molar-refractivity contribution in [3.63, 3.8) is 0 Å². The van der Waals surface area contributed by atoms with Gasteiger partial charge in [0.25, 0.3) is 0 Å². The Balaban J connectivity index is 2.25. The summed E-state index contributed by atoms with van der Waals surface area (Å²) < 4.78 is 9.66. The molecule has 2 unspecified atom stereocenters. The summed E-state index contributed by atoms with van der Waals surface area (Å²) in [7, 11) is 0. The molecular formula is C7H12ClNO3. The monoisotopic (exact) mass is 193 g/mol. The molecule has 1 rings (SSSR count). The smallest absolute Gasteiger partial charge is 0.408 e. The highest BCUT2D eigenvalue weighted by Crippen LogP contribution is 2.12. The van der Waals surface area contributed by atoms with Crippen LogP contribution >= 0.6 is 11.6 Å². The fourth-order valence-electron chi connectivity index (χ4n) is 1.09. The second-order valence-corrected chi connectivity index (χ2v) is 3.02. The lowest BCUT2D eigenvalue weighted by molar-refractivity contribution is 0.154. The van der Waals surface area contributed by atoms with E-state index >= 15 is 0 Å². The van der Waals surface area contributed by atoms with Crippen LogP contribution in [0.5, 0.6) is 0 Å². The number of rotatable bonds is 2. The van der Waals surface area contributed by atoms with E-state index in [1.54, 1.807) is 0 Å². The van der Waals surface area contributed by atoms with Crippen LogP contribution in [0.3, 0.4) is 0 Å². The van der Waals surface area contributed by atoms with E-state index in [0.29, 0.717) is 19.1 Å². The highest BCUT2D eigenvalue weighted by Gasteiger charge is 2.25. The van der Waals surface area contributed by atoms with Crippen LogP contribution in [-0.2, 0) is 9.47 Å². The summed E-state index contributed by atoms with van der Waals surface area (Å²) in [5.74, 6) is 0.341. The van der Waals surface area contributed by atoms with Gasteiger partial charge in [0.15, 0.2) is 6.07 Å². The first-order valence-electron chi connectivity index (χ1n) is 3.81. The number of alkyl halides is 1. The number of nitrogens with one attached hydrogen (secondary N) is 1. The molecule has 4 nitrogen and oxygen atoms in total. The van der Waals surface area contributed by atoms with Crippen LogP contribution in [0.15, 0.2) is 0 Å². The van der Waals surface area contributed by atoms with E-state index in [9.17, 15) is 4.79 Å². The van der Waals surface area contributed by atoms with Crippen molar-refractivity contribution in [1.82, 2.24) is 5.32 Å². The maximum Gasteiger partial charge on any atom is 0.408 e. The Morgan fingerprint density at radius 1 is 1.75 bits per heavy atom. The molecule has 1 aliphatic rings. The van der Waals surface area contributed by atoms with Gasteiger partial charge < -0.3 is 14.8 Å². The molecular weight excluding hydrogens is 182 g/mol. The molecule has 0 bridgehead atoms. The van der Waals surface area contributed by atoms with E-state index in [1.807, 2.05) is 6.92 Å². The average Bonchev–Trinajstić information content (AvgIpc) is 2.37. The fraction of sp³-hybridized carbons (Fsp3) is 0.857. The van der Waals surface area contributed by atoms with Crippen molar-refractivity contribution in [3.8, 4) is 0 Å². The molecule has 12 heavy (non-hydrogen) atoms. The number of halogens is 1. The zero-order chi connectivity index (χ0) is 8.97. The standard InChI is InChI=1S/C7H12ClNO3/c1-5-2-11-3-6(5)9-7(10)12-4-8/h5-6H,2-4H2,1H3,(H,9,10). The number of amides is 1. The van der Waals surface area contributed by atoms with Crippen LogP contribution < -0.4 is 5.32 Å². The first-order valence-corrected chi connectivity index (χ1v) is 4.34. The summed E-state index contributed by atoms with van der Waals surface area (Å²) in [5, 5.41) is 2.66. The first kappa shape index (κ1) is 9.61. The van der Waals surface area contributed by atoms with Gasteiger partial charge in [0.2, 0.25) is 0 Å². The third kappa shape index (κ3) is 2.53. The number of ether oxygens (including phenoxy) is 2. The predicted molar refractivity (Wildman–Crippen MR) is 44.1 cm³/mol. The lowest BCUT2D eigenvalue weighted by atomic mass is 10.1. The van der Waals surface area contributed by atoms with Crippen molar-refractivity contribution in [2.75, 3.05) is 19.3 Å². The second-order valence-electron chi connectivity index (χ2n) is 2.81. The summed E-state index contributed by atoms with van der Waals surface area (Å²) in [6, 6.07) is -0.0611. The summed E-state index contributed by atoms with van der Waals surface area (Å²) in [6.45, 7) is 3.25. The largest absolute Gasteiger partial charge is 0.433 e. The van der Waals surface area contributed by atoms with Crippen LogP contribution in [0, 0.1) is 5.92 Å². The molecule has 1 aliphatic heterocycles. The second kappa shape index (κ2) is 4.52. The number of carbonyl (C=O) groups excluding carboxylic acids is 1. The quantitative estimate of drug-likeness (QED) is 0.665. The normalized spacial score (nSPS) is 28.5. The molecule has 1 saturated heterocycles. The van der Waals surface area contributed by atoms with Gasteiger partial charge in [-0.3, -0.25) is 0 Å². The van der Waals surface area contributed by atoms with Gasteiger partial charge in [0.1, 0.15) is 0 Å². The Kier molecular flexibility index (Phi) is 3.62. The first-order chi connectivity index (χ1) is 5.74. The van der Waals surface area contributed by atoms with E-state index in [2.05, 4.69) is 10.1 Å². The molecule has 2 atom stereocenters. The molecule has 0 aliphatic carbocycles. The van der Waals surface area contributed by atoms with Gasteiger partial charge in [-0.05, 0) is 0 Å². The Morgan fingerprint density at radius 2 is 2.50 bits per heavy atom. The molecule has 0 saturated carbocycles. The lowest BCUT2D eigenvalue weighted by Gasteiger charge is -2.13. The van der Waals surface area contributed by atoms with Crippen LogP contribution in [0.1, 0.15) is 6.92 Å². The van der Waals surface area contributed by atoms with Crippen molar-refractivity contribution >= 4 is 17.7 Å². The zero-order valence-electron chi connectivity index (χ0n) is 6.88. The molecule has 0 spiro atoms. The highest BCUT2D eigenvalue weighted by molar-refractivity contribution is 6.17. The topological polar surface area (TPSA) is 47.6 Å².